The van der Waals surface area contributed by atoms with Gasteiger partial charge in [-0.2, -0.15) is 0 Å². The molecule has 110 valence electrons. The second-order valence-electron chi connectivity index (χ2n) is 5.14. The highest BCUT2D eigenvalue weighted by atomic mass is 16.6. The second-order valence-corrected chi connectivity index (χ2v) is 5.14. The van der Waals surface area contributed by atoms with Gasteiger partial charge in [-0.1, -0.05) is 13.8 Å². The Morgan fingerprint density at radius 2 is 2.25 bits per heavy atom. The zero-order valence-electron chi connectivity index (χ0n) is 11.9. The molecular formula is C13H19N3O4. The lowest BCUT2D eigenvalue weighted by atomic mass is 10.1. The monoisotopic (exact) mass is 281 g/mol. The number of carbonyl (C=O) groups excluding carboxylic acids is 1. The number of hydrogen-bond acceptors (Lipinski definition) is 5. The summed E-state index contributed by atoms with van der Waals surface area (Å²) in [4.78, 5) is 32.1. The minimum atomic E-state index is -0.389. The van der Waals surface area contributed by atoms with E-state index in [-0.39, 0.29) is 30.1 Å². The van der Waals surface area contributed by atoms with Crippen LogP contribution in [0.2, 0.25) is 0 Å². The molecule has 1 aliphatic heterocycles. The second kappa shape index (κ2) is 5.94. The molecule has 7 nitrogen and oxygen atoms in total. The zero-order valence-corrected chi connectivity index (χ0v) is 11.9. The van der Waals surface area contributed by atoms with Crippen molar-refractivity contribution in [3.63, 3.8) is 0 Å². The molecule has 2 rings (SSSR count). The topological polar surface area (TPSA) is 84.5 Å². The van der Waals surface area contributed by atoms with E-state index in [2.05, 4.69) is 9.97 Å². The van der Waals surface area contributed by atoms with Crippen molar-refractivity contribution in [3.05, 3.63) is 21.6 Å². The smallest absolute Gasteiger partial charge is 0.410 e. The van der Waals surface area contributed by atoms with Crippen molar-refractivity contribution in [1.29, 1.82) is 0 Å². The summed E-state index contributed by atoms with van der Waals surface area (Å²) in [5, 5.41) is 0. The number of ether oxygens (including phenoxy) is 2. The largest absolute Gasteiger partial charge is 0.468 e. The summed E-state index contributed by atoms with van der Waals surface area (Å²) < 4.78 is 10.1. The van der Waals surface area contributed by atoms with E-state index >= 15 is 0 Å². The minimum Gasteiger partial charge on any atom is -0.468 e. The van der Waals surface area contributed by atoms with Gasteiger partial charge in [0.2, 0.25) is 0 Å². The number of aromatic nitrogens is 2. The molecule has 20 heavy (non-hydrogen) atoms. The molecule has 0 bridgehead atoms. The van der Waals surface area contributed by atoms with E-state index in [4.69, 9.17) is 9.47 Å². The average Bonchev–Trinajstić information content (AvgIpc) is 2.44. The number of methoxy groups -OCH3 is 1. The van der Waals surface area contributed by atoms with Crippen LogP contribution in [0.5, 0.6) is 6.01 Å². The molecule has 0 saturated heterocycles. The predicted octanol–water partition coefficient (Wildman–Crippen LogP) is 0.929. The molecule has 1 aromatic rings. The van der Waals surface area contributed by atoms with Gasteiger partial charge in [0.05, 0.1) is 31.5 Å². The Hall–Kier alpha value is -2.05. The van der Waals surface area contributed by atoms with Gasteiger partial charge in [-0.3, -0.25) is 9.78 Å². The molecule has 1 aliphatic rings. The molecule has 0 aliphatic carbocycles. The van der Waals surface area contributed by atoms with Gasteiger partial charge >= 0.3 is 6.09 Å². The van der Waals surface area contributed by atoms with Crippen LogP contribution < -0.4 is 10.3 Å². The minimum absolute atomic E-state index is 0.199. The van der Waals surface area contributed by atoms with E-state index in [1.54, 1.807) is 0 Å². The highest BCUT2D eigenvalue weighted by Gasteiger charge is 2.25. The normalized spacial score (nSPS) is 14.1. The molecule has 0 spiro atoms. The van der Waals surface area contributed by atoms with Crippen LogP contribution in [-0.4, -0.2) is 41.2 Å². The van der Waals surface area contributed by atoms with E-state index in [0.29, 0.717) is 30.8 Å². The molecule has 0 unspecified atom stereocenters. The lowest BCUT2D eigenvalue weighted by Crippen LogP contribution is -2.40. The first-order valence-electron chi connectivity index (χ1n) is 6.59. The van der Waals surface area contributed by atoms with Crippen molar-refractivity contribution in [2.75, 3.05) is 20.3 Å². The third-order valence-electron chi connectivity index (χ3n) is 3.04. The number of rotatable bonds is 3. The summed E-state index contributed by atoms with van der Waals surface area (Å²) in [7, 11) is 1.45. The fourth-order valence-corrected chi connectivity index (χ4v) is 1.98. The van der Waals surface area contributed by atoms with E-state index < -0.39 is 0 Å². The summed E-state index contributed by atoms with van der Waals surface area (Å²) in [6.07, 6.45) is 0.131. The Labute approximate surface area is 116 Å². The van der Waals surface area contributed by atoms with Crippen molar-refractivity contribution in [2.24, 2.45) is 5.92 Å². The van der Waals surface area contributed by atoms with Crippen LogP contribution in [0.1, 0.15) is 25.1 Å². The van der Waals surface area contributed by atoms with Crippen LogP contribution in [-0.2, 0) is 17.7 Å². The summed E-state index contributed by atoms with van der Waals surface area (Å²) >= 11 is 0. The van der Waals surface area contributed by atoms with Crippen LogP contribution in [0.4, 0.5) is 4.79 Å². The fourth-order valence-electron chi connectivity index (χ4n) is 1.98. The number of carbonyl (C=O) groups is 1. The first kappa shape index (κ1) is 14.4. The van der Waals surface area contributed by atoms with Crippen molar-refractivity contribution < 1.29 is 14.3 Å². The molecule has 2 heterocycles. The Morgan fingerprint density at radius 3 is 2.90 bits per heavy atom. The van der Waals surface area contributed by atoms with Gasteiger partial charge in [-0.15, -0.1) is 0 Å². The zero-order chi connectivity index (χ0) is 14.7. The van der Waals surface area contributed by atoms with E-state index in [1.807, 2.05) is 13.8 Å². The molecule has 0 atom stereocenters. The number of amides is 1. The summed E-state index contributed by atoms with van der Waals surface area (Å²) in [5.74, 6) is 0.283. The highest BCUT2D eigenvalue weighted by Crippen LogP contribution is 2.16. The fraction of sp³-hybridized carbons (Fsp3) is 0.615. The number of nitrogens with zero attached hydrogens (tertiary/aromatic N) is 2. The molecular weight excluding hydrogens is 262 g/mol. The van der Waals surface area contributed by atoms with Crippen LogP contribution in [0.25, 0.3) is 0 Å². The molecule has 1 amide bonds. The van der Waals surface area contributed by atoms with E-state index in [0.717, 1.165) is 0 Å². The number of aromatic amines is 1. The predicted molar refractivity (Wildman–Crippen MR) is 71.7 cm³/mol. The number of nitrogens with one attached hydrogen (secondary N) is 1. The lowest BCUT2D eigenvalue weighted by Gasteiger charge is -2.27. The number of hydrogen-bond donors (Lipinski definition) is 1. The SMILES string of the molecule is COc1nc2c(c(=O)[nH]1)CN(C(=O)OCC(C)C)CC2. The van der Waals surface area contributed by atoms with E-state index in [1.165, 1.54) is 12.0 Å². The third-order valence-corrected chi connectivity index (χ3v) is 3.04. The molecule has 0 fully saturated rings. The van der Waals surface area contributed by atoms with Crippen LogP contribution in [0.3, 0.4) is 0 Å². The first-order chi connectivity index (χ1) is 9.51. The van der Waals surface area contributed by atoms with Gasteiger partial charge in [-0.05, 0) is 5.92 Å². The van der Waals surface area contributed by atoms with Gasteiger partial charge in [-0.25, -0.2) is 9.78 Å². The molecule has 7 heteroatoms. The molecule has 1 aromatic heterocycles. The quantitative estimate of drug-likeness (QED) is 0.891. The van der Waals surface area contributed by atoms with Crippen LogP contribution in [0, 0.1) is 5.92 Å². The van der Waals surface area contributed by atoms with Gasteiger partial charge in [0, 0.05) is 13.0 Å². The number of H-pyrrole nitrogens is 1. The molecule has 0 aromatic carbocycles. The van der Waals surface area contributed by atoms with Crippen molar-refractivity contribution >= 4 is 6.09 Å². The highest BCUT2D eigenvalue weighted by molar-refractivity contribution is 5.68. The Morgan fingerprint density at radius 1 is 1.50 bits per heavy atom. The Balaban J connectivity index is 2.11. The Bertz CT molecular complexity index is 553. The van der Waals surface area contributed by atoms with Crippen molar-refractivity contribution in [2.45, 2.75) is 26.8 Å². The first-order valence-corrected chi connectivity index (χ1v) is 6.59. The summed E-state index contributed by atoms with van der Waals surface area (Å²) in [5.41, 5.74) is 0.908. The van der Waals surface area contributed by atoms with Crippen molar-refractivity contribution in [3.8, 4) is 6.01 Å². The molecule has 1 N–H and O–H groups in total. The Kier molecular flexibility index (Phi) is 4.26. The maximum absolute atomic E-state index is 11.9. The van der Waals surface area contributed by atoms with Crippen LogP contribution in [0.15, 0.2) is 4.79 Å². The van der Waals surface area contributed by atoms with Gasteiger partial charge in [0.15, 0.2) is 0 Å². The molecule has 0 radical (unpaired) electrons. The van der Waals surface area contributed by atoms with Gasteiger partial charge in [0.25, 0.3) is 11.6 Å². The van der Waals surface area contributed by atoms with Crippen molar-refractivity contribution in [1.82, 2.24) is 14.9 Å². The van der Waals surface area contributed by atoms with Gasteiger partial charge in [0.1, 0.15) is 0 Å². The summed E-state index contributed by atoms with van der Waals surface area (Å²) in [6, 6.07) is 0.199. The van der Waals surface area contributed by atoms with Gasteiger partial charge < -0.3 is 14.4 Å². The molecule has 0 saturated carbocycles. The third kappa shape index (κ3) is 3.09. The number of fused-ring (bicyclic) bond motifs is 1. The standard InChI is InChI=1S/C13H19N3O4/c1-8(2)7-20-13(18)16-5-4-10-9(6-16)11(17)15-12(14-10)19-3/h8H,4-7H2,1-3H3,(H,14,15,17). The maximum Gasteiger partial charge on any atom is 0.410 e. The van der Waals surface area contributed by atoms with E-state index in [9.17, 15) is 9.59 Å². The average molecular weight is 281 g/mol. The van der Waals surface area contributed by atoms with Crippen LogP contribution >= 0.6 is 0 Å². The summed E-state index contributed by atoms with van der Waals surface area (Å²) in [6.45, 7) is 5.03. The lowest BCUT2D eigenvalue weighted by molar-refractivity contribution is 0.0874. The maximum atomic E-state index is 11.9.